The van der Waals surface area contributed by atoms with Gasteiger partial charge in [0.05, 0.1) is 0 Å². The van der Waals surface area contributed by atoms with Gasteiger partial charge in [0.2, 0.25) is 0 Å². The van der Waals surface area contributed by atoms with Gasteiger partial charge < -0.3 is 212 Å². The van der Waals surface area contributed by atoms with E-state index in [0.717, 1.165) is 379 Å². The van der Waals surface area contributed by atoms with Crippen molar-refractivity contribution < 1.29 is 33.6 Å². The maximum absolute atomic E-state index is 11.4. The second-order valence-electron chi connectivity index (χ2n) is 33.2. The van der Waals surface area contributed by atoms with E-state index in [0.29, 0.717) is 105 Å². The zero-order valence-corrected chi connectivity index (χ0v) is 90.4. The van der Waals surface area contributed by atoms with Gasteiger partial charge in [-0.15, -0.1) is 8.93 Å². The van der Waals surface area contributed by atoms with Gasteiger partial charge in [0.15, 0.2) is 0 Å². The molecule has 848 valence electrons. The van der Waals surface area contributed by atoms with E-state index in [1.807, 2.05) is 4.90 Å². The Hall–Kier alpha value is -4.76. The number of carbonyl (C=O) groups excluding carboxylic acids is 7. The van der Waals surface area contributed by atoms with E-state index >= 15 is 0 Å². The summed E-state index contributed by atoms with van der Waals surface area (Å²) < 4.78 is 0. The highest BCUT2D eigenvalue weighted by atomic mass is 127. The average Bonchev–Trinajstić information content (AvgIpc) is 1.31. The van der Waals surface area contributed by atoms with E-state index < -0.39 is 0 Å². The highest BCUT2D eigenvalue weighted by molar-refractivity contribution is 14.2. The Balaban J connectivity index is -0.000000477. The molecule has 0 aliphatic carbocycles. The van der Waals surface area contributed by atoms with Gasteiger partial charge in [-0.1, -0.05) is 49.7 Å². The normalized spacial score (nSPS) is 17.7. The third-order valence-electron chi connectivity index (χ3n) is 22.1. The zero-order chi connectivity index (χ0) is 104. The van der Waals surface area contributed by atoms with Crippen molar-refractivity contribution in [3.8, 4) is 0 Å². The smallest absolute Gasteiger partial charge is 0.320 e. The third-order valence-corrected chi connectivity index (χ3v) is 22.1. The van der Waals surface area contributed by atoms with Crippen molar-refractivity contribution >= 4 is 79.1 Å². The Morgan fingerprint density at radius 2 is 0.500 bits per heavy atom. The van der Waals surface area contributed by atoms with Crippen LogP contribution in [-0.4, -0.2) is 577 Å². The molecule has 12 rings (SSSR count). The Morgan fingerprint density at radius 1 is 0.239 bits per heavy atom. The molecule has 12 heterocycles. The SMILES string of the molecule is C.C.C1CNCCN1.NCCCCCN.NCCCCCNCCN.NCCN.NCCN(CCN)CCN.NCCN1CCN(CCN)C1=O.NCCN1CCN(CCN)CC1.NCCN1CCNC1=O.NCCN1CCNCC1.NCCNCCN1CCNC1=O.NCCNCCN1CCNCC1.O=C1NCCN1.O=C1NCCN1CCN1CCNC1=O.O=C1NCCN1CCN1CCNCC1.PPI. The summed E-state index contributed by atoms with van der Waals surface area (Å²) in [6.07, 6.45) is 7.02. The summed E-state index contributed by atoms with van der Waals surface area (Å²) in [4.78, 5) is 103. The van der Waals surface area contributed by atoms with E-state index in [1.165, 1.54) is 32.4 Å². The van der Waals surface area contributed by atoms with Crippen LogP contribution in [0.25, 0.3) is 0 Å². The number of hydrogen-bond donors (Lipinski definition) is 32. The summed E-state index contributed by atoms with van der Waals surface area (Å²) in [6.45, 7) is 63.9. The van der Waals surface area contributed by atoms with Crippen LogP contribution in [0.1, 0.15) is 53.4 Å². The van der Waals surface area contributed by atoms with Crippen LogP contribution < -0.4 is 177 Å². The quantitative estimate of drug-likeness (QED) is 0.0153. The number of nitrogens with zero attached hydrogens (tertiary/aromatic N) is 13. The van der Waals surface area contributed by atoms with Crippen molar-refractivity contribution in [2.75, 3.05) is 471 Å². The average molecular weight is 2190 g/mol. The van der Waals surface area contributed by atoms with Gasteiger partial charge in [0.25, 0.3) is 0 Å². The Bertz CT molecular complexity index is 2620. The number of rotatable bonds is 46. The monoisotopic (exact) mass is 2190 g/mol. The lowest BCUT2D eigenvalue weighted by Crippen LogP contribution is -2.48. The summed E-state index contributed by atoms with van der Waals surface area (Å²) in [5.74, 6) is 0.970. The first-order chi connectivity index (χ1) is 68.2. The van der Waals surface area contributed by atoms with Crippen molar-refractivity contribution in [2.24, 2.45) is 97.5 Å². The minimum absolute atomic E-state index is 0. The maximum atomic E-state index is 11.4. The fourth-order valence-corrected chi connectivity index (χ4v) is 14.3. The molecule has 14 amide bonds. The molecule has 0 aromatic carbocycles. The van der Waals surface area contributed by atoms with E-state index in [9.17, 15) is 33.6 Å². The zero-order valence-electron chi connectivity index (χ0n) is 86.1. The van der Waals surface area contributed by atoms with Crippen LogP contribution in [0.5, 0.6) is 0 Å². The predicted molar refractivity (Wildman–Crippen MR) is 604 cm³/mol. The number of nitrogens with one attached hydrogen (secondary N) is 15. The van der Waals surface area contributed by atoms with Crippen LogP contribution in [-0.2, 0) is 0 Å². The van der Waals surface area contributed by atoms with Crippen LogP contribution in [0.4, 0.5) is 33.6 Å². The van der Waals surface area contributed by atoms with E-state index in [4.69, 9.17) is 97.5 Å². The van der Waals surface area contributed by atoms with E-state index in [-0.39, 0.29) is 57.1 Å². The number of piperazine rings is 5. The molecule has 0 radical (unpaired) electrons. The first-order valence-electron chi connectivity index (χ1n) is 51.4. The lowest BCUT2D eigenvalue weighted by molar-refractivity contribution is 0.138. The number of halogens is 1. The molecule has 0 bridgehead atoms. The second-order valence-corrected chi connectivity index (χ2v) is 39.7. The lowest BCUT2D eigenvalue weighted by atomic mass is 10.2. The summed E-state index contributed by atoms with van der Waals surface area (Å²) >= 11 is 2.28. The van der Waals surface area contributed by atoms with E-state index in [1.54, 1.807) is 29.4 Å². The molecule has 12 fully saturated rings. The van der Waals surface area contributed by atoms with Gasteiger partial charge in [0, 0.05) is 445 Å². The predicted octanol–water partition coefficient (Wildman–Crippen LogP) is -11.7. The topological polar surface area (TPSA) is 784 Å². The molecule has 49 N–H and O–H groups in total. The van der Waals surface area contributed by atoms with Crippen molar-refractivity contribution in [3.63, 3.8) is 0 Å². The molecule has 2 atom stereocenters. The summed E-state index contributed by atoms with van der Waals surface area (Å²) in [7, 11) is 2.59. The highest BCUT2D eigenvalue weighted by Gasteiger charge is 2.28. The van der Waals surface area contributed by atoms with Crippen LogP contribution in [0.15, 0.2) is 0 Å². The van der Waals surface area contributed by atoms with Crippen molar-refractivity contribution in [3.05, 3.63) is 0 Å². The van der Waals surface area contributed by atoms with Crippen LogP contribution in [0.3, 0.4) is 0 Å². The summed E-state index contributed by atoms with van der Waals surface area (Å²) in [5, 5.41) is 44.9. The molecule has 0 aromatic rings. The fraction of sp³-hybridized carbons (Fsp3) is 0.920. The Labute approximate surface area is 873 Å². The lowest BCUT2D eigenvalue weighted by Gasteiger charge is -2.34. The Kier molecular flexibility index (Phi) is 115. The van der Waals surface area contributed by atoms with Gasteiger partial charge in [-0.25, -0.2) is 33.6 Å². The van der Waals surface area contributed by atoms with E-state index in [2.05, 4.69) is 140 Å². The molecular formula is C87H216IN45O7P2. The van der Waals surface area contributed by atoms with Gasteiger partial charge in [0.1, 0.15) is 0 Å². The molecule has 12 aliphatic rings. The molecule has 12 aliphatic heterocycles. The van der Waals surface area contributed by atoms with Crippen molar-refractivity contribution in [2.45, 2.75) is 53.4 Å². The standard InChI is InChI=1S/C9H18N4O.C8H14N4O2.2C8H20N4.2C7H16N4O.C7H19N3.C6H18N4.C6H15N3.C5H11N3O.C5H14N2.C4H10N2.C3H6N2O.C2H8N2.2CH4.H3IP2/c14-9-11-3-6-13(9)8-7-12-4-1-10-2-5-12;13-7-9-1-3-11(7)5-6-12-4-2-10-8(12)14;9-1-3-11-5-7-12(4-2-10)8-6-11;9-1-2-10-3-6-12-7-4-11-5-8-12;8-1-3-10-5-6-11(4-2-9)7(10)12;8-1-2-9-3-5-11-6-4-10-7(11)12;8-4-2-1-3-6-10-7-5-9;7-1-4-10(5-2-8)6-3-9;7-1-4-9-5-2-8-3-6-9;6-1-3-8-4-2-7-5(8)9;6-4-2-1-3-5-7;1-2-6-4-3-5-1;6-3-4-1-2-5-3;3-1-2-4;;;1-3-2/h10H,1-8H2,(H,11,14);1-6H2,(H,9,13)(H,10,14);1-10H2;10-11H,1-9H2;1-6,8-9H2;9H,1-6,8H2,(H,10,12);10H,1-9H2;1-9H2;8H,1-7H2;1-4,6H2,(H,7,9);1-7H2;5-6H,1-4H2;1-2H2,(H2,4,5,6);1-4H2;2*1H4;3H,2H2. The third kappa shape index (κ3) is 88.2. The number of amides is 14. The van der Waals surface area contributed by atoms with Crippen molar-refractivity contribution in [1.29, 1.82) is 0 Å². The van der Waals surface area contributed by atoms with Crippen LogP contribution >= 0.6 is 36.9 Å². The molecule has 142 heavy (non-hydrogen) atoms. The number of urea groups is 7. The molecule has 0 saturated carbocycles. The van der Waals surface area contributed by atoms with Gasteiger partial charge >= 0.3 is 42.2 Å². The minimum Gasteiger partial charge on any atom is -0.336 e. The fourth-order valence-electron chi connectivity index (χ4n) is 14.3. The maximum Gasteiger partial charge on any atom is 0.320 e. The molecule has 12 saturated heterocycles. The first-order valence-corrected chi connectivity index (χ1v) is 57.3. The first kappa shape index (κ1) is 146. The number of hydrogen-bond acceptors (Lipinski definition) is 38. The molecular weight excluding hydrogens is 1980 g/mol. The minimum atomic E-state index is -0.0463. The van der Waals surface area contributed by atoms with Gasteiger partial charge in [-0.3, -0.25) is 29.4 Å². The molecule has 52 nitrogen and oxygen atoms in total. The number of nitrogens with two attached hydrogens (primary N) is 17. The second kappa shape index (κ2) is 112. The van der Waals surface area contributed by atoms with Gasteiger partial charge in [-0.05, 0) is 57.8 Å². The largest absolute Gasteiger partial charge is 0.336 e. The van der Waals surface area contributed by atoms with Crippen LogP contribution in [0.2, 0.25) is 0 Å². The van der Waals surface area contributed by atoms with Crippen LogP contribution in [0, 0.1) is 0 Å². The molecule has 0 aromatic heterocycles. The summed E-state index contributed by atoms with van der Waals surface area (Å²) in [5.41, 5.74) is 89.9. The van der Waals surface area contributed by atoms with Crippen molar-refractivity contribution in [1.82, 2.24) is 143 Å². The van der Waals surface area contributed by atoms with Gasteiger partial charge in [-0.2, -0.15) is 0 Å². The molecule has 2 unspecified atom stereocenters. The highest BCUT2D eigenvalue weighted by Crippen LogP contribution is 2.28. The Morgan fingerprint density at radius 3 is 0.768 bits per heavy atom. The summed E-state index contributed by atoms with van der Waals surface area (Å²) in [6, 6.07) is 0.139. The molecule has 55 heteroatoms. The molecule has 0 spiro atoms. The number of carbonyl (C=O) groups is 7. The number of unbranched alkanes of at least 4 members (excludes halogenated alkanes) is 4.